The highest BCUT2D eigenvalue weighted by atomic mass is 16.5. The van der Waals surface area contributed by atoms with Crippen molar-refractivity contribution in [2.75, 3.05) is 6.54 Å². The smallest absolute Gasteiger partial charge is 0.0981 e. The Kier molecular flexibility index (Phi) is 3.39. The SMILES string of the molecule is CCC1NCC(C)OC1c1ccccc1. The van der Waals surface area contributed by atoms with E-state index in [0.29, 0.717) is 12.1 Å². The number of benzene rings is 1. The molecule has 1 heterocycles. The summed E-state index contributed by atoms with van der Waals surface area (Å²) in [5.41, 5.74) is 1.28. The minimum atomic E-state index is 0.208. The molecule has 0 bridgehead atoms. The van der Waals surface area contributed by atoms with Crippen LogP contribution in [0, 0.1) is 0 Å². The molecule has 0 aromatic heterocycles. The predicted octanol–water partition coefficient (Wildman–Crippen LogP) is 2.51. The Balaban J connectivity index is 2.17. The van der Waals surface area contributed by atoms with Crippen molar-refractivity contribution < 1.29 is 4.74 Å². The zero-order chi connectivity index (χ0) is 10.7. The third-order valence-corrected chi connectivity index (χ3v) is 2.98. The summed E-state index contributed by atoms with van der Waals surface area (Å²) in [5, 5.41) is 3.54. The first-order chi connectivity index (χ1) is 7.31. The largest absolute Gasteiger partial charge is 0.368 e. The third-order valence-electron chi connectivity index (χ3n) is 2.98. The molecule has 2 rings (SSSR count). The predicted molar refractivity (Wildman–Crippen MR) is 61.8 cm³/mol. The summed E-state index contributed by atoms with van der Waals surface area (Å²) in [6.07, 6.45) is 1.62. The molecule has 0 amide bonds. The van der Waals surface area contributed by atoms with Gasteiger partial charge in [0.15, 0.2) is 0 Å². The zero-order valence-corrected chi connectivity index (χ0v) is 9.44. The minimum absolute atomic E-state index is 0.208. The van der Waals surface area contributed by atoms with E-state index in [1.807, 2.05) is 6.07 Å². The molecular weight excluding hydrogens is 186 g/mol. The van der Waals surface area contributed by atoms with Crippen molar-refractivity contribution in [1.29, 1.82) is 0 Å². The summed E-state index contributed by atoms with van der Waals surface area (Å²) in [6.45, 7) is 5.28. The van der Waals surface area contributed by atoms with Crippen LogP contribution in [0.2, 0.25) is 0 Å². The zero-order valence-electron chi connectivity index (χ0n) is 9.44. The molecule has 0 aliphatic carbocycles. The highest BCUT2D eigenvalue weighted by Crippen LogP contribution is 2.27. The highest BCUT2D eigenvalue weighted by molar-refractivity contribution is 5.19. The Morgan fingerprint density at radius 2 is 2.07 bits per heavy atom. The van der Waals surface area contributed by atoms with Crippen molar-refractivity contribution in [2.24, 2.45) is 0 Å². The number of rotatable bonds is 2. The van der Waals surface area contributed by atoms with E-state index in [0.717, 1.165) is 13.0 Å². The second kappa shape index (κ2) is 4.77. The van der Waals surface area contributed by atoms with Crippen molar-refractivity contribution in [3.8, 4) is 0 Å². The molecule has 1 aliphatic rings. The fourth-order valence-electron chi connectivity index (χ4n) is 2.13. The van der Waals surface area contributed by atoms with E-state index in [1.165, 1.54) is 5.56 Å². The molecule has 1 aliphatic heterocycles. The molecule has 2 heteroatoms. The molecule has 0 spiro atoms. The van der Waals surface area contributed by atoms with Crippen LogP contribution in [-0.4, -0.2) is 18.7 Å². The minimum Gasteiger partial charge on any atom is -0.368 e. The van der Waals surface area contributed by atoms with Gasteiger partial charge in [0.25, 0.3) is 0 Å². The molecule has 3 unspecified atom stereocenters. The van der Waals surface area contributed by atoms with Crippen LogP contribution < -0.4 is 5.32 Å². The van der Waals surface area contributed by atoms with E-state index in [-0.39, 0.29) is 6.10 Å². The van der Waals surface area contributed by atoms with Crippen LogP contribution in [0.3, 0.4) is 0 Å². The Morgan fingerprint density at radius 1 is 1.33 bits per heavy atom. The summed E-state index contributed by atoms with van der Waals surface area (Å²) in [7, 11) is 0. The number of ether oxygens (including phenoxy) is 1. The van der Waals surface area contributed by atoms with Gasteiger partial charge >= 0.3 is 0 Å². The lowest BCUT2D eigenvalue weighted by Gasteiger charge is -2.36. The lowest BCUT2D eigenvalue weighted by Crippen LogP contribution is -2.46. The van der Waals surface area contributed by atoms with Gasteiger partial charge in [0.1, 0.15) is 0 Å². The van der Waals surface area contributed by atoms with E-state index >= 15 is 0 Å². The van der Waals surface area contributed by atoms with Crippen LogP contribution in [0.15, 0.2) is 30.3 Å². The summed E-state index contributed by atoms with van der Waals surface area (Å²) < 4.78 is 6.01. The van der Waals surface area contributed by atoms with Crippen LogP contribution in [0.25, 0.3) is 0 Å². The Hall–Kier alpha value is -0.860. The lowest BCUT2D eigenvalue weighted by molar-refractivity contribution is -0.0569. The fourth-order valence-corrected chi connectivity index (χ4v) is 2.13. The molecule has 1 aromatic rings. The van der Waals surface area contributed by atoms with Gasteiger partial charge in [-0.2, -0.15) is 0 Å². The third kappa shape index (κ3) is 2.39. The molecule has 1 aromatic carbocycles. The van der Waals surface area contributed by atoms with E-state index in [2.05, 4.69) is 43.4 Å². The monoisotopic (exact) mass is 205 g/mol. The topological polar surface area (TPSA) is 21.3 Å². The second-order valence-corrected chi connectivity index (χ2v) is 4.20. The van der Waals surface area contributed by atoms with Crippen LogP contribution >= 0.6 is 0 Å². The maximum absolute atomic E-state index is 6.01. The van der Waals surface area contributed by atoms with Gasteiger partial charge in [-0.3, -0.25) is 0 Å². The van der Waals surface area contributed by atoms with Gasteiger partial charge in [-0.1, -0.05) is 37.3 Å². The maximum Gasteiger partial charge on any atom is 0.0981 e. The average Bonchev–Trinajstić information content (AvgIpc) is 2.30. The lowest BCUT2D eigenvalue weighted by atomic mass is 9.98. The molecule has 15 heavy (non-hydrogen) atoms. The van der Waals surface area contributed by atoms with Gasteiger partial charge < -0.3 is 10.1 Å². The standard InChI is InChI=1S/C13H19NO/c1-3-12-13(15-10(2)9-14-12)11-7-5-4-6-8-11/h4-8,10,12-14H,3,9H2,1-2H3. The molecule has 82 valence electrons. The average molecular weight is 205 g/mol. The number of hydrogen-bond acceptors (Lipinski definition) is 2. The number of hydrogen-bond donors (Lipinski definition) is 1. The van der Waals surface area contributed by atoms with Crippen molar-refractivity contribution >= 4 is 0 Å². The van der Waals surface area contributed by atoms with Crippen molar-refractivity contribution in [3.63, 3.8) is 0 Å². The highest BCUT2D eigenvalue weighted by Gasteiger charge is 2.28. The first-order valence-corrected chi connectivity index (χ1v) is 5.75. The number of nitrogens with one attached hydrogen (secondary N) is 1. The van der Waals surface area contributed by atoms with E-state index in [4.69, 9.17) is 4.74 Å². The molecule has 2 nitrogen and oxygen atoms in total. The Bertz CT molecular complexity index is 299. The number of morpholine rings is 1. The van der Waals surface area contributed by atoms with Gasteiger partial charge in [0.05, 0.1) is 12.2 Å². The molecule has 1 fully saturated rings. The molecule has 0 saturated carbocycles. The molecule has 0 radical (unpaired) electrons. The van der Waals surface area contributed by atoms with Crippen LogP contribution in [-0.2, 0) is 4.74 Å². The van der Waals surface area contributed by atoms with E-state index in [9.17, 15) is 0 Å². The van der Waals surface area contributed by atoms with Gasteiger partial charge in [-0.05, 0) is 18.9 Å². The van der Waals surface area contributed by atoms with Gasteiger partial charge in [0, 0.05) is 12.6 Å². The van der Waals surface area contributed by atoms with Crippen molar-refractivity contribution in [2.45, 2.75) is 38.5 Å². The second-order valence-electron chi connectivity index (χ2n) is 4.20. The van der Waals surface area contributed by atoms with E-state index < -0.39 is 0 Å². The van der Waals surface area contributed by atoms with Crippen molar-refractivity contribution in [3.05, 3.63) is 35.9 Å². The normalized spacial score (nSPS) is 31.5. The summed E-state index contributed by atoms with van der Waals surface area (Å²) >= 11 is 0. The first-order valence-electron chi connectivity index (χ1n) is 5.75. The molecular formula is C13H19NO. The molecule has 1 saturated heterocycles. The van der Waals surface area contributed by atoms with Crippen molar-refractivity contribution in [1.82, 2.24) is 5.32 Å². The molecule has 3 atom stereocenters. The van der Waals surface area contributed by atoms with Gasteiger partial charge in [-0.25, -0.2) is 0 Å². The Morgan fingerprint density at radius 3 is 2.73 bits per heavy atom. The fraction of sp³-hybridized carbons (Fsp3) is 0.538. The van der Waals surface area contributed by atoms with Gasteiger partial charge in [0.2, 0.25) is 0 Å². The quantitative estimate of drug-likeness (QED) is 0.801. The van der Waals surface area contributed by atoms with E-state index in [1.54, 1.807) is 0 Å². The van der Waals surface area contributed by atoms with Crippen LogP contribution in [0.5, 0.6) is 0 Å². The Labute approximate surface area is 91.6 Å². The van der Waals surface area contributed by atoms with Gasteiger partial charge in [-0.15, -0.1) is 0 Å². The summed E-state index contributed by atoms with van der Waals surface area (Å²) in [4.78, 5) is 0. The van der Waals surface area contributed by atoms with Crippen LogP contribution in [0.4, 0.5) is 0 Å². The van der Waals surface area contributed by atoms with Crippen LogP contribution in [0.1, 0.15) is 31.9 Å². The molecule has 1 N–H and O–H groups in total. The summed E-state index contributed by atoms with van der Waals surface area (Å²) in [5.74, 6) is 0. The maximum atomic E-state index is 6.01. The first kappa shape index (κ1) is 10.7. The summed E-state index contributed by atoms with van der Waals surface area (Å²) in [6, 6.07) is 10.9.